The number of hydrogen-bond donors (Lipinski definition) is 2. The topological polar surface area (TPSA) is 64.2 Å². The molecule has 0 aliphatic rings. The minimum absolute atomic E-state index is 0.00705. The Bertz CT molecular complexity index is 750. The molecule has 0 aromatic heterocycles. The highest BCUT2D eigenvalue weighted by Crippen LogP contribution is 2.19. The second-order valence-corrected chi connectivity index (χ2v) is 4.93. The lowest BCUT2D eigenvalue weighted by Gasteiger charge is -2.14. The van der Waals surface area contributed by atoms with Crippen LogP contribution in [0.2, 0.25) is 0 Å². The van der Waals surface area contributed by atoms with Gasteiger partial charge in [-0.3, -0.25) is 0 Å². The molecule has 0 radical (unpaired) electrons. The number of benzene rings is 2. The number of carbonyl (C=O) groups is 1. The summed E-state index contributed by atoms with van der Waals surface area (Å²) in [7, 11) is 0. The lowest BCUT2D eigenvalue weighted by Crippen LogP contribution is -2.24. The molecule has 0 bridgehead atoms. The Morgan fingerprint density at radius 3 is 2.41 bits per heavy atom. The smallest absolute Gasteiger partial charge is 0.175 e. The van der Waals surface area contributed by atoms with Crippen LogP contribution in [0.4, 0.5) is 20.2 Å². The van der Waals surface area contributed by atoms with Crippen LogP contribution >= 0.6 is 12.2 Å². The average Bonchev–Trinajstić information content (AvgIpc) is 2.44. The first kappa shape index (κ1) is 15.8. The van der Waals surface area contributed by atoms with Crippen molar-refractivity contribution >= 4 is 34.7 Å². The fourth-order valence-corrected chi connectivity index (χ4v) is 1.97. The Labute approximate surface area is 130 Å². The summed E-state index contributed by atoms with van der Waals surface area (Å²) in [6.45, 7) is 1.75. The van der Waals surface area contributed by atoms with Gasteiger partial charge >= 0.3 is 0 Å². The lowest BCUT2D eigenvalue weighted by atomic mass is 10.1. The first-order valence-electron chi connectivity index (χ1n) is 6.22. The minimum Gasteiger partial charge on any atom is -0.545 e. The van der Waals surface area contributed by atoms with Crippen molar-refractivity contribution in [3.8, 4) is 0 Å². The van der Waals surface area contributed by atoms with Crippen LogP contribution in [-0.4, -0.2) is 11.1 Å². The van der Waals surface area contributed by atoms with Gasteiger partial charge in [0.2, 0.25) is 0 Å². The summed E-state index contributed by atoms with van der Waals surface area (Å²) >= 11 is 5.03. The van der Waals surface area contributed by atoms with E-state index in [1.54, 1.807) is 13.0 Å². The third-order valence-electron chi connectivity index (χ3n) is 2.90. The molecule has 0 aliphatic heterocycles. The molecular formula is C15H11F2N2O2S-. The van der Waals surface area contributed by atoms with Crippen molar-refractivity contribution < 1.29 is 18.7 Å². The van der Waals surface area contributed by atoms with Crippen LogP contribution in [0, 0.1) is 18.6 Å². The van der Waals surface area contributed by atoms with E-state index >= 15 is 0 Å². The molecule has 2 aromatic carbocycles. The predicted molar refractivity (Wildman–Crippen MR) is 81.7 cm³/mol. The van der Waals surface area contributed by atoms with Gasteiger partial charge in [0, 0.05) is 11.8 Å². The van der Waals surface area contributed by atoms with Crippen molar-refractivity contribution in [2.45, 2.75) is 6.92 Å². The number of nitrogens with one attached hydrogen (secondary N) is 2. The van der Waals surface area contributed by atoms with Crippen LogP contribution in [0.3, 0.4) is 0 Å². The molecule has 0 atom stereocenters. The highest BCUT2D eigenvalue weighted by Gasteiger charge is 2.07. The van der Waals surface area contributed by atoms with E-state index in [2.05, 4.69) is 10.6 Å². The molecule has 0 spiro atoms. The highest BCUT2D eigenvalue weighted by atomic mass is 32.1. The van der Waals surface area contributed by atoms with E-state index in [4.69, 9.17) is 12.2 Å². The van der Waals surface area contributed by atoms with E-state index in [1.165, 1.54) is 18.2 Å². The summed E-state index contributed by atoms with van der Waals surface area (Å²) in [5, 5.41) is 16.2. The van der Waals surface area contributed by atoms with E-state index in [9.17, 15) is 18.7 Å². The summed E-state index contributed by atoms with van der Waals surface area (Å²) in [4.78, 5) is 10.8. The van der Waals surface area contributed by atoms with Crippen molar-refractivity contribution in [3.63, 3.8) is 0 Å². The normalized spacial score (nSPS) is 10.1. The van der Waals surface area contributed by atoms with E-state index in [0.717, 1.165) is 17.7 Å². The molecule has 4 nitrogen and oxygen atoms in total. The number of rotatable bonds is 3. The van der Waals surface area contributed by atoms with E-state index < -0.39 is 17.6 Å². The quantitative estimate of drug-likeness (QED) is 0.850. The first-order valence-corrected chi connectivity index (χ1v) is 6.62. The Kier molecular flexibility index (Phi) is 4.67. The Morgan fingerprint density at radius 2 is 1.77 bits per heavy atom. The number of aryl methyl sites for hydroxylation is 1. The number of anilines is 2. The zero-order valence-electron chi connectivity index (χ0n) is 11.4. The van der Waals surface area contributed by atoms with Gasteiger partial charge in [0.1, 0.15) is 11.6 Å². The number of aromatic carboxylic acids is 1. The van der Waals surface area contributed by atoms with Crippen molar-refractivity contribution in [1.29, 1.82) is 0 Å². The van der Waals surface area contributed by atoms with Gasteiger partial charge in [0.05, 0.1) is 11.7 Å². The average molecular weight is 321 g/mol. The standard InChI is InChI=1S/C15H12F2N2O2S/c1-8-2-3-9(14(20)21)6-13(8)19-15(22)18-12-5-4-10(16)7-11(12)17/h2-7H,1H3,(H,20,21)(H2,18,19,22)/p-1. The van der Waals surface area contributed by atoms with E-state index in [-0.39, 0.29) is 16.4 Å². The zero-order chi connectivity index (χ0) is 16.3. The molecule has 114 valence electrons. The molecule has 2 rings (SSSR count). The van der Waals surface area contributed by atoms with E-state index in [1.807, 2.05) is 0 Å². The number of carbonyl (C=O) groups excluding carboxylic acids is 1. The van der Waals surface area contributed by atoms with Gasteiger partial charge in [-0.1, -0.05) is 12.1 Å². The van der Waals surface area contributed by atoms with Gasteiger partial charge in [-0.2, -0.15) is 0 Å². The zero-order valence-corrected chi connectivity index (χ0v) is 12.3. The molecule has 0 heterocycles. The maximum Gasteiger partial charge on any atom is 0.175 e. The molecule has 0 amide bonds. The van der Waals surface area contributed by atoms with Crippen LogP contribution in [0.25, 0.3) is 0 Å². The fourth-order valence-electron chi connectivity index (χ4n) is 1.75. The van der Waals surface area contributed by atoms with E-state index in [0.29, 0.717) is 5.69 Å². The van der Waals surface area contributed by atoms with Gasteiger partial charge in [0.25, 0.3) is 0 Å². The number of thiocarbonyl (C=S) groups is 1. The van der Waals surface area contributed by atoms with Crippen LogP contribution < -0.4 is 15.7 Å². The molecule has 0 fully saturated rings. The maximum atomic E-state index is 13.5. The van der Waals surface area contributed by atoms with Crippen molar-refractivity contribution in [2.75, 3.05) is 10.6 Å². The second kappa shape index (κ2) is 6.48. The molecule has 2 N–H and O–H groups in total. The SMILES string of the molecule is Cc1ccc(C(=O)[O-])cc1NC(=S)Nc1ccc(F)cc1F. The summed E-state index contributed by atoms with van der Waals surface area (Å²) in [5.74, 6) is -2.80. The Balaban J connectivity index is 2.15. The van der Waals surface area contributed by atoms with Crippen LogP contribution in [0.5, 0.6) is 0 Å². The third kappa shape index (κ3) is 3.76. The van der Waals surface area contributed by atoms with Crippen LogP contribution in [0.15, 0.2) is 36.4 Å². The van der Waals surface area contributed by atoms with Crippen molar-refractivity contribution in [1.82, 2.24) is 0 Å². The van der Waals surface area contributed by atoms with Gasteiger partial charge in [-0.25, -0.2) is 8.78 Å². The summed E-state index contributed by atoms with van der Waals surface area (Å²) in [6, 6.07) is 7.40. The number of halogens is 2. The van der Waals surface area contributed by atoms with Gasteiger partial charge in [-0.05, 0) is 48.5 Å². The maximum absolute atomic E-state index is 13.5. The summed E-state index contributed by atoms with van der Waals surface area (Å²) < 4.78 is 26.3. The molecule has 22 heavy (non-hydrogen) atoms. The minimum atomic E-state index is -1.31. The molecule has 7 heteroatoms. The van der Waals surface area contributed by atoms with Crippen molar-refractivity contribution in [2.24, 2.45) is 0 Å². The van der Waals surface area contributed by atoms with Gasteiger partial charge in [0.15, 0.2) is 5.11 Å². The predicted octanol–water partition coefficient (Wildman–Crippen LogP) is 2.45. The number of hydrogen-bond acceptors (Lipinski definition) is 3. The third-order valence-corrected chi connectivity index (χ3v) is 3.10. The molecule has 0 saturated carbocycles. The molecule has 0 unspecified atom stereocenters. The fraction of sp³-hybridized carbons (Fsp3) is 0.0667. The molecular weight excluding hydrogens is 310 g/mol. The Morgan fingerprint density at radius 1 is 1.09 bits per heavy atom. The van der Waals surface area contributed by atoms with Gasteiger partial charge < -0.3 is 20.5 Å². The number of carboxylic acid groups (broad SMARTS) is 1. The second-order valence-electron chi connectivity index (χ2n) is 4.52. The van der Waals surface area contributed by atoms with Crippen LogP contribution in [0.1, 0.15) is 15.9 Å². The lowest BCUT2D eigenvalue weighted by molar-refractivity contribution is -0.255. The monoisotopic (exact) mass is 321 g/mol. The molecule has 0 aliphatic carbocycles. The van der Waals surface area contributed by atoms with Crippen LogP contribution in [-0.2, 0) is 0 Å². The van der Waals surface area contributed by atoms with Gasteiger partial charge in [-0.15, -0.1) is 0 Å². The largest absolute Gasteiger partial charge is 0.545 e. The highest BCUT2D eigenvalue weighted by molar-refractivity contribution is 7.80. The summed E-state index contributed by atoms with van der Waals surface area (Å²) in [6.07, 6.45) is 0. The first-order chi connectivity index (χ1) is 10.4. The van der Waals surface area contributed by atoms with Crippen molar-refractivity contribution in [3.05, 3.63) is 59.2 Å². The summed E-state index contributed by atoms with van der Waals surface area (Å²) in [5.41, 5.74) is 1.19. The number of carboxylic acids is 1. The molecule has 2 aromatic rings. The molecule has 0 saturated heterocycles. The Hall–Kier alpha value is -2.54.